The fraction of sp³-hybridized carbons (Fsp3) is 0. The lowest BCUT2D eigenvalue weighted by Gasteiger charge is -2.06. The summed E-state index contributed by atoms with van der Waals surface area (Å²) in [6, 6.07) is 17.2. The Hall–Kier alpha value is -2.56. The number of anilines is 1. The summed E-state index contributed by atoms with van der Waals surface area (Å²) in [6.07, 6.45) is 4.66. The van der Waals surface area contributed by atoms with Crippen LogP contribution in [0.25, 0.3) is 0 Å². The van der Waals surface area contributed by atoms with E-state index in [0.29, 0.717) is 15.7 Å². The SMILES string of the molecule is Clc1cncc(Cl)c1N/N=C\c1cccc(Oc2ccccc2)c1. The first kappa shape index (κ1) is 16.3. The van der Waals surface area contributed by atoms with Crippen LogP contribution >= 0.6 is 23.2 Å². The summed E-state index contributed by atoms with van der Waals surface area (Å²) in [7, 11) is 0. The van der Waals surface area contributed by atoms with E-state index >= 15 is 0 Å². The van der Waals surface area contributed by atoms with Crippen LogP contribution in [0, 0.1) is 0 Å². The van der Waals surface area contributed by atoms with Crippen molar-refractivity contribution in [2.24, 2.45) is 5.10 Å². The van der Waals surface area contributed by atoms with E-state index in [1.165, 1.54) is 12.4 Å². The molecule has 0 bridgehead atoms. The van der Waals surface area contributed by atoms with Gasteiger partial charge in [0, 0.05) is 12.4 Å². The van der Waals surface area contributed by atoms with E-state index in [1.54, 1.807) is 6.21 Å². The van der Waals surface area contributed by atoms with E-state index in [-0.39, 0.29) is 0 Å². The third-order valence-corrected chi connectivity index (χ3v) is 3.65. The Labute approximate surface area is 149 Å². The second-order valence-corrected chi connectivity index (χ2v) is 5.65. The molecule has 0 unspecified atom stereocenters. The number of hydrazone groups is 1. The fourth-order valence-corrected chi connectivity index (χ4v) is 2.42. The molecule has 0 fully saturated rings. The summed E-state index contributed by atoms with van der Waals surface area (Å²) < 4.78 is 5.79. The van der Waals surface area contributed by atoms with Crippen molar-refractivity contribution in [2.75, 3.05) is 5.43 Å². The van der Waals surface area contributed by atoms with Crippen molar-refractivity contribution in [3.8, 4) is 11.5 Å². The second-order valence-electron chi connectivity index (χ2n) is 4.84. The highest BCUT2D eigenvalue weighted by Gasteiger charge is 2.04. The van der Waals surface area contributed by atoms with Crippen LogP contribution in [0.15, 0.2) is 72.1 Å². The molecule has 0 saturated carbocycles. The number of pyridine rings is 1. The maximum atomic E-state index is 6.02. The van der Waals surface area contributed by atoms with E-state index in [9.17, 15) is 0 Å². The summed E-state index contributed by atoms with van der Waals surface area (Å²) in [6.45, 7) is 0. The van der Waals surface area contributed by atoms with Gasteiger partial charge in [0.2, 0.25) is 0 Å². The lowest BCUT2D eigenvalue weighted by molar-refractivity contribution is 0.482. The number of hydrogen-bond acceptors (Lipinski definition) is 4. The van der Waals surface area contributed by atoms with Gasteiger partial charge in [-0.1, -0.05) is 53.5 Å². The number of rotatable bonds is 5. The fourth-order valence-electron chi connectivity index (χ4n) is 1.97. The number of nitrogens with one attached hydrogen (secondary N) is 1. The molecule has 0 aliphatic rings. The van der Waals surface area contributed by atoms with Gasteiger partial charge in [0.15, 0.2) is 0 Å². The maximum Gasteiger partial charge on any atom is 0.128 e. The summed E-state index contributed by atoms with van der Waals surface area (Å²) >= 11 is 12.0. The van der Waals surface area contributed by atoms with Gasteiger partial charge in [-0.2, -0.15) is 5.10 Å². The van der Waals surface area contributed by atoms with Crippen LogP contribution in [-0.4, -0.2) is 11.2 Å². The first-order chi connectivity index (χ1) is 11.7. The number of hydrogen-bond donors (Lipinski definition) is 1. The lowest BCUT2D eigenvalue weighted by Crippen LogP contribution is -1.93. The normalized spacial score (nSPS) is 10.8. The first-order valence-corrected chi connectivity index (χ1v) is 7.89. The average Bonchev–Trinajstić information content (AvgIpc) is 2.59. The third kappa shape index (κ3) is 4.25. The van der Waals surface area contributed by atoms with Crippen LogP contribution in [0.5, 0.6) is 11.5 Å². The molecule has 2 aromatic carbocycles. The third-order valence-electron chi connectivity index (χ3n) is 3.08. The number of benzene rings is 2. The maximum absolute atomic E-state index is 6.02. The predicted molar refractivity (Wildman–Crippen MR) is 98.4 cm³/mol. The standard InChI is InChI=1S/C18H13Cl2N3O/c19-16-11-21-12-17(20)18(16)23-22-10-13-5-4-8-15(9-13)24-14-6-2-1-3-7-14/h1-12H,(H,21,23)/b22-10-. The molecular formula is C18H13Cl2N3O. The van der Waals surface area contributed by atoms with Gasteiger partial charge in [0.25, 0.3) is 0 Å². The largest absolute Gasteiger partial charge is 0.457 e. The number of para-hydroxylation sites is 1. The molecule has 3 aromatic rings. The van der Waals surface area contributed by atoms with Gasteiger partial charge in [0.05, 0.1) is 21.9 Å². The van der Waals surface area contributed by atoms with Gasteiger partial charge >= 0.3 is 0 Å². The van der Waals surface area contributed by atoms with Crippen LogP contribution in [0.3, 0.4) is 0 Å². The predicted octanol–water partition coefficient (Wildman–Crippen LogP) is 5.63. The number of aromatic nitrogens is 1. The molecule has 1 heterocycles. The van der Waals surface area contributed by atoms with Gasteiger partial charge in [-0.15, -0.1) is 0 Å². The zero-order chi connectivity index (χ0) is 16.8. The van der Waals surface area contributed by atoms with Crippen molar-refractivity contribution in [3.05, 3.63) is 82.6 Å². The Balaban J connectivity index is 1.70. The molecule has 0 atom stereocenters. The second kappa shape index (κ2) is 7.81. The topological polar surface area (TPSA) is 46.5 Å². The van der Waals surface area contributed by atoms with Gasteiger partial charge in [0.1, 0.15) is 11.5 Å². The van der Waals surface area contributed by atoms with Crippen molar-refractivity contribution in [3.63, 3.8) is 0 Å². The lowest BCUT2D eigenvalue weighted by atomic mass is 10.2. The van der Waals surface area contributed by atoms with Crippen molar-refractivity contribution >= 4 is 35.1 Å². The van der Waals surface area contributed by atoms with Crippen molar-refractivity contribution in [1.82, 2.24) is 4.98 Å². The van der Waals surface area contributed by atoms with Crippen LogP contribution in [0.1, 0.15) is 5.56 Å². The van der Waals surface area contributed by atoms with Crippen molar-refractivity contribution in [1.29, 1.82) is 0 Å². The van der Waals surface area contributed by atoms with E-state index in [1.807, 2.05) is 54.6 Å². The minimum Gasteiger partial charge on any atom is -0.457 e. The molecule has 4 nitrogen and oxygen atoms in total. The van der Waals surface area contributed by atoms with Crippen LogP contribution in [-0.2, 0) is 0 Å². The smallest absolute Gasteiger partial charge is 0.128 e. The number of halogens is 2. The molecule has 0 saturated heterocycles. The minimum atomic E-state index is 0.404. The zero-order valence-corrected chi connectivity index (χ0v) is 14.0. The number of ether oxygens (including phenoxy) is 1. The van der Waals surface area contributed by atoms with Crippen molar-refractivity contribution in [2.45, 2.75) is 0 Å². The molecule has 0 amide bonds. The molecule has 0 radical (unpaired) electrons. The first-order valence-electron chi connectivity index (χ1n) is 7.13. The Morgan fingerprint density at radius 2 is 1.62 bits per heavy atom. The Morgan fingerprint density at radius 1 is 0.917 bits per heavy atom. The molecule has 1 aromatic heterocycles. The average molecular weight is 358 g/mol. The quantitative estimate of drug-likeness (QED) is 0.475. The number of nitrogens with zero attached hydrogens (tertiary/aromatic N) is 2. The van der Waals surface area contributed by atoms with Gasteiger partial charge in [-0.05, 0) is 29.8 Å². The molecule has 6 heteroatoms. The molecule has 120 valence electrons. The van der Waals surface area contributed by atoms with E-state index < -0.39 is 0 Å². The van der Waals surface area contributed by atoms with Crippen molar-refractivity contribution < 1.29 is 4.74 Å². The highest BCUT2D eigenvalue weighted by Crippen LogP contribution is 2.28. The van der Waals surface area contributed by atoms with E-state index in [0.717, 1.165) is 17.1 Å². The van der Waals surface area contributed by atoms with E-state index in [2.05, 4.69) is 15.5 Å². The molecule has 0 aliphatic heterocycles. The summed E-state index contributed by atoms with van der Waals surface area (Å²) in [5.41, 5.74) is 4.21. The summed E-state index contributed by atoms with van der Waals surface area (Å²) in [5.74, 6) is 1.50. The van der Waals surface area contributed by atoms with Crippen LogP contribution in [0.4, 0.5) is 5.69 Å². The Kier molecular flexibility index (Phi) is 5.31. The summed E-state index contributed by atoms with van der Waals surface area (Å²) in [5, 5.41) is 4.96. The molecule has 1 N–H and O–H groups in total. The van der Waals surface area contributed by atoms with Gasteiger partial charge < -0.3 is 4.74 Å². The Morgan fingerprint density at radius 3 is 2.38 bits per heavy atom. The van der Waals surface area contributed by atoms with Gasteiger partial charge in [-0.3, -0.25) is 10.4 Å². The minimum absolute atomic E-state index is 0.404. The summed E-state index contributed by atoms with van der Waals surface area (Å²) in [4.78, 5) is 3.89. The van der Waals surface area contributed by atoms with Gasteiger partial charge in [-0.25, -0.2) is 0 Å². The molecule has 0 spiro atoms. The zero-order valence-electron chi connectivity index (χ0n) is 12.5. The molecule has 0 aliphatic carbocycles. The molecule has 3 rings (SSSR count). The van der Waals surface area contributed by atoms with Crippen LogP contribution < -0.4 is 10.2 Å². The highest BCUT2D eigenvalue weighted by atomic mass is 35.5. The van der Waals surface area contributed by atoms with E-state index in [4.69, 9.17) is 27.9 Å². The molecule has 24 heavy (non-hydrogen) atoms. The monoisotopic (exact) mass is 357 g/mol. The van der Waals surface area contributed by atoms with Crippen LogP contribution in [0.2, 0.25) is 10.0 Å². The highest BCUT2D eigenvalue weighted by molar-refractivity contribution is 6.38. The molecular weight excluding hydrogens is 345 g/mol. The Bertz CT molecular complexity index is 834.